The number of aromatic nitrogens is 1. The molecule has 1 aromatic heterocycles. The number of hydrazine groups is 1. The second kappa shape index (κ2) is 5.62. The summed E-state index contributed by atoms with van der Waals surface area (Å²) < 4.78 is 27.4. The zero-order chi connectivity index (χ0) is 14.7. The number of halogens is 2. The van der Waals surface area contributed by atoms with Gasteiger partial charge in [-0.3, -0.25) is 4.79 Å². The number of pyridine rings is 1. The maximum absolute atomic E-state index is 13.8. The molecule has 1 aromatic carbocycles. The zero-order valence-corrected chi connectivity index (χ0v) is 10.6. The molecule has 0 aliphatic carbocycles. The fourth-order valence-electron chi connectivity index (χ4n) is 1.64. The molecular weight excluding hydrogens is 266 g/mol. The van der Waals surface area contributed by atoms with Gasteiger partial charge in [0.25, 0.3) is 5.91 Å². The first-order valence-corrected chi connectivity index (χ1v) is 5.71. The van der Waals surface area contributed by atoms with Gasteiger partial charge in [-0.05, 0) is 30.7 Å². The number of nitrogens with zero attached hydrogens (tertiary/aromatic N) is 1. The van der Waals surface area contributed by atoms with Gasteiger partial charge < -0.3 is 10.7 Å². The third-order valence-electron chi connectivity index (χ3n) is 2.64. The summed E-state index contributed by atoms with van der Waals surface area (Å²) in [6.07, 6.45) is 1.22. The number of aryl methyl sites for hydroxylation is 1. The molecule has 2 aromatic rings. The monoisotopic (exact) mass is 278 g/mol. The van der Waals surface area contributed by atoms with Crippen LogP contribution in [0.1, 0.15) is 15.9 Å². The molecule has 0 fully saturated rings. The lowest BCUT2D eigenvalue weighted by molar-refractivity contribution is 0.102. The van der Waals surface area contributed by atoms with E-state index in [2.05, 4.69) is 10.3 Å². The fraction of sp³-hybridized carbons (Fsp3) is 0.0769. The minimum absolute atomic E-state index is 0.0199. The van der Waals surface area contributed by atoms with Gasteiger partial charge in [0.15, 0.2) is 11.6 Å². The molecule has 0 spiro atoms. The number of carbonyl (C=O) groups is 1. The Morgan fingerprint density at radius 1 is 1.30 bits per heavy atom. The van der Waals surface area contributed by atoms with Crippen LogP contribution in [-0.4, -0.2) is 10.9 Å². The summed E-state index contributed by atoms with van der Waals surface area (Å²) in [5, 5.41) is 2.31. The maximum atomic E-state index is 13.8. The van der Waals surface area contributed by atoms with Gasteiger partial charge in [0.2, 0.25) is 0 Å². The summed E-state index contributed by atoms with van der Waals surface area (Å²) >= 11 is 0. The van der Waals surface area contributed by atoms with Crippen molar-refractivity contribution in [3.8, 4) is 0 Å². The molecule has 0 atom stereocenters. The molecular formula is C13H12F2N4O. The molecule has 0 saturated heterocycles. The first-order chi connectivity index (χ1) is 9.52. The van der Waals surface area contributed by atoms with E-state index < -0.39 is 17.5 Å². The Hall–Kier alpha value is -2.54. The standard InChI is InChI=1S/C13H12F2N4O/c1-7-2-3-9(14)10(6-7)18-13(20)8-4-5-17-12(19-16)11(8)15/h2-6H,16H2,1H3,(H,17,19)(H,18,20). The number of nitrogen functional groups attached to an aromatic ring is 1. The van der Waals surface area contributed by atoms with Crippen LogP contribution in [-0.2, 0) is 0 Å². The van der Waals surface area contributed by atoms with Crippen molar-refractivity contribution in [3.05, 3.63) is 53.2 Å². The predicted molar refractivity (Wildman–Crippen MR) is 71.1 cm³/mol. The largest absolute Gasteiger partial charge is 0.319 e. The van der Waals surface area contributed by atoms with Crippen LogP contribution in [0, 0.1) is 18.6 Å². The Bertz CT molecular complexity index is 661. The van der Waals surface area contributed by atoms with Crippen molar-refractivity contribution < 1.29 is 13.6 Å². The van der Waals surface area contributed by atoms with E-state index in [1.165, 1.54) is 24.4 Å². The smallest absolute Gasteiger partial charge is 0.258 e. The van der Waals surface area contributed by atoms with Gasteiger partial charge in [-0.2, -0.15) is 0 Å². The van der Waals surface area contributed by atoms with Crippen molar-refractivity contribution >= 4 is 17.4 Å². The fourth-order valence-corrected chi connectivity index (χ4v) is 1.64. The Kier molecular flexibility index (Phi) is 3.90. The Labute approximate surface area is 113 Å². The summed E-state index contributed by atoms with van der Waals surface area (Å²) in [6.45, 7) is 1.75. The van der Waals surface area contributed by atoms with Crippen LogP contribution in [0.3, 0.4) is 0 Å². The molecule has 1 amide bonds. The highest BCUT2D eigenvalue weighted by atomic mass is 19.1. The van der Waals surface area contributed by atoms with Crippen molar-refractivity contribution in [2.24, 2.45) is 5.84 Å². The third-order valence-corrected chi connectivity index (χ3v) is 2.64. The molecule has 0 unspecified atom stereocenters. The Morgan fingerprint density at radius 2 is 2.05 bits per heavy atom. The lowest BCUT2D eigenvalue weighted by atomic mass is 10.2. The van der Waals surface area contributed by atoms with E-state index in [1.807, 2.05) is 5.43 Å². The van der Waals surface area contributed by atoms with Crippen LogP contribution in [0.15, 0.2) is 30.5 Å². The highest BCUT2D eigenvalue weighted by Gasteiger charge is 2.17. The van der Waals surface area contributed by atoms with Crippen LogP contribution in [0.25, 0.3) is 0 Å². The number of rotatable bonds is 3. The minimum atomic E-state index is -0.902. The summed E-state index contributed by atoms with van der Waals surface area (Å²) in [4.78, 5) is 15.6. The average Bonchev–Trinajstić information content (AvgIpc) is 2.43. The molecule has 5 nitrogen and oxygen atoms in total. The van der Waals surface area contributed by atoms with Crippen molar-refractivity contribution in [2.75, 3.05) is 10.7 Å². The second-order valence-corrected chi connectivity index (χ2v) is 4.10. The number of nitrogens with two attached hydrogens (primary N) is 1. The normalized spacial score (nSPS) is 10.2. The molecule has 2 rings (SSSR count). The van der Waals surface area contributed by atoms with E-state index in [4.69, 9.17) is 5.84 Å². The highest BCUT2D eigenvalue weighted by molar-refractivity contribution is 6.05. The van der Waals surface area contributed by atoms with E-state index >= 15 is 0 Å². The van der Waals surface area contributed by atoms with Gasteiger partial charge in [-0.15, -0.1) is 0 Å². The van der Waals surface area contributed by atoms with Gasteiger partial charge in [0.05, 0.1) is 11.3 Å². The van der Waals surface area contributed by atoms with E-state index in [9.17, 15) is 13.6 Å². The molecule has 0 radical (unpaired) electrons. The van der Waals surface area contributed by atoms with Gasteiger partial charge in [0, 0.05) is 6.20 Å². The van der Waals surface area contributed by atoms with Crippen LogP contribution in [0.2, 0.25) is 0 Å². The highest BCUT2D eigenvalue weighted by Crippen LogP contribution is 2.19. The first kappa shape index (κ1) is 13.9. The molecule has 20 heavy (non-hydrogen) atoms. The predicted octanol–water partition coefficient (Wildman–Crippen LogP) is 2.21. The molecule has 104 valence electrons. The third kappa shape index (κ3) is 2.72. The van der Waals surface area contributed by atoms with Gasteiger partial charge in [-0.1, -0.05) is 6.07 Å². The number of amides is 1. The van der Waals surface area contributed by atoms with Gasteiger partial charge in [0.1, 0.15) is 5.82 Å². The maximum Gasteiger partial charge on any atom is 0.258 e. The Morgan fingerprint density at radius 3 is 2.75 bits per heavy atom. The lowest BCUT2D eigenvalue weighted by Gasteiger charge is -2.09. The van der Waals surface area contributed by atoms with Crippen LogP contribution in [0.4, 0.5) is 20.3 Å². The molecule has 4 N–H and O–H groups in total. The van der Waals surface area contributed by atoms with E-state index in [1.54, 1.807) is 13.0 Å². The number of hydrogen-bond acceptors (Lipinski definition) is 4. The van der Waals surface area contributed by atoms with Gasteiger partial charge in [-0.25, -0.2) is 19.6 Å². The molecule has 0 aliphatic heterocycles. The number of nitrogens with one attached hydrogen (secondary N) is 2. The average molecular weight is 278 g/mol. The molecule has 0 saturated carbocycles. The van der Waals surface area contributed by atoms with Gasteiger partial charge >= 0.3 is 0 Å². The molecule has 7 heteroatoms. The minimum Gasteiger partial charge on any atom is -0.319 e. The molecule has 0 aliphatic rings. The van der Waals surface area contributed by atoms with Crippen molar-refractivity contribution in [1.29, 1.82) is 0 Å². The second-order valence-electron chi connectivity index (χ2n) is 4.10. The summed E-state index contributed by atoms with van der Waals surface area (Å²) in [5.41, 5.74) is 2.50. The van der Waals surface area contributed by atoms with Crippen LogP contribution < -0.4 is 16.6 Å². The van der Waals surface area contributed by atoms with Crippen molar-refractivity contribution in [1.82, 2.24) is 4.98 Å². The zero-order valence-electron chi connectivity index (χ0n) is 10.6. The lowest BCUT2D eigenvalue weighted by Crippen LogP contribution is -2.18. The molecule has 1 heterocycles. The number of anilines is 2. The molecule has 0 bridgehead atoms. The Balaban J connectivity index is 2.31. The number of hydrogen-bond donors (Lipinski definition) is 3. The SMILES string of the molecule is Cc1ccc(F)c(NC(=O)c2ccnc(NN)c2F)c1. The summed E-state index contributed by atoms with van der Waals surface area (Å²) in [6, 6.07) is 5.42. The van der Waals surface area contributed by atoms with E-state index in [0.717, 1.165) is 5.56 Å². The summed E-state index contributed by atoms with van der Waals surface area (Å²) in [7, 11) is 0. The number of benzene rings is 1. The summed E-state index contributed by atoms with van der Waals surface area (Å²) in [5.74, 6) is 2.52. The van der Waals surface area contributed by atoms with Crippen molar-refractivity contribution in [2.45, 2.75) is 6.92 Å². The van der Waals surface area contributed by atoms with E-state index in [0.29, 0.717) is 0 Å². The topological polar surface area (TPSA) is 80.0 Å². The first-order valence-electron chi connectivity index (χ1n) is 5.71. The van der Waals surface area contributed by atoms with Crippen LogP contribution in [0.5, 0.6) is 0 Å². The quantitative estimate of drug-likeness (QED) is 0.594. The van der Waals surface area contributed by atoms with Crippen LogP contribution >= 0.6 is 0 Å². The van der Waals surface area contributed by atoms with E-state index in [-0.39, 0.29) is 17.1 Å². The number of carbonyl (C=O) groups excluding carboxylic acids is 1. The van der Waals surface area contributed by atoms with Crippen molar-refractivity contribution in [3.63, 3.8) is 0 Å².